The highest BCUT2D eigenvalue weighted by molar-refractivity contribution is 5.02. The van der Waals surface area contributed by atoms with Gasteiger partial charge in [-0.15, -0.1) is 0 Å². The molecule has 2 heteroatoms. The molecule has 2 atom stereocenters. The van der Waals surface area contributed by atoms with E-state index in [9.17, 15) is 0 Å². The van der Waals surface area contributed by atoms with Gasteiger partial charge in [0, 0.05) is 24.7 Å². The Morgan fingerprint density at radius 1 is 1.16 bits per heavy atom. The van der Waals surface area contributed by atoms with Crippen LogP contribution in [0.2, 0.25) is 0 Å². The molecule has 2 fully saturated rings. The predicted octanol–water partition coefficient (Wildman–Crippen LogP) is 3.66. The van der Waals surface area contributed by atoms with Crippen LogP contribution in [0, 0.1) is 11.3 Å². The largest absolute Gasteiger partial charge is 0.315 e. The molecule has 0 radical (unpaired) electrons. The Bertz CT molecular complexity index is 279. The first-order valence-corrected chi connectivity index (χ1v) is 8.38. The molecular weight excluding hydrogens is 232 g/mol. The Kier molecular flexibility index (Phi) is 4.94. The van der Waals surface area contributed by atoms with Crippen LogP contribution in [0.15, 0.2) is 0 Å². The Hall–Kier alpha value is -0.0800. The van der Waals surface area contributed by atoms with E-state index in [1.165, 1.54) is 45.1 Å². The van der Waals surface area contributed by atoms with Gasteiger partial charge in [-0.05, 0) is 44.1 Å². The molecule has 0 spiro atoms. The van der Waals surface area contributed by atoms with Crippen LogP contribution >= 0.6 is 0 Å². The van der Waals surface area contributed by atoms with Gasteiger partial charge in [0.05, 0.1) is 0 Å². The van der Waals surface area contributed by atoms with E-state index < -0.39 is 0 Å². The van der Waals surface area contributed by atoms with Gasteiger partial charge >= 0.3 is 0 Å². The van der Waals surface area contributed by atoms with Gasteiger partial charge in [0.2, 0.25) is 0 Å². The minimum Gasteiger partial charge on any atom is -0.315 e. The lowest BCUT2D eigenvalue weighted by Crippen LogP contribution is -2.54. The van der Waals surface area contributed by atoms with Crippen molar-refractivity contribution in [3.05, 3.63) is 0 Å². The summed E-state index contributed by atoms with van der Waals surface area (Å²) in [6.45, 7) is 10.9. The Balaban J connectivity index is 2.13. The number of hydrogen-bond donors (Lipinski definition) is 1. The van der Waals surface area contributed by atoms with E-state index in [0.29, 0.717) is 11.5 Å². The molecule has 2 nitrogen and oxygen atoms in total. The molecule has 0 aliphatic heterocycles. The number of nitrogens with zero attached hydrogens (tertiary/aromatic N) is 1. The lowest BCUT2D eigenvalue weighted by molar-refractivity contribution is 0.0902. The average molecular weight is 266 g/mol. The van der Waals surface area contributed by atoms with Crippen molar-refractivity contribution in [3.63, 3.8) is 0 Å². The van der Waals surface area contributed by atoms with Gasteiger partial charge in [-0.3, -0.25) is 4.90 Å². The van der Waals surface area contributed by atoms with Crippen LogP contribution in [0.3, 0.4) is 0 Å². The topological polar surface area (TPSA) is 15.3 Å². The van der Waals surface area contributed by atoms with Gasteiger partial charge < -0.3 is 5.32 Å². The van der Waals surface area contributed by atoms with Crippen LogP contribution in [0.4, 0.5) is 0 Å². The van der Waals surface area contributed by atoms with E-state index in [2.05, 4.69) is 45.0 Å². The fraction of sp³-hybridized carbons (Fsp3) is 1.00. The second-order valence-electron chi connectivity index (χ2n) is 7.89. The molecule has 0 bridgehead atoms. The molecule has 112 valence electrons. The highest BCUT2D eigenvalue weighted by Gasteiger charge is 2.45. The van der Waals surface area contributed by atoms with Crippen molar-refractivity contribution in [3.8, 4) is 0 Å². The second kappa shape index (κ2) is 6.13. The Labute approximate surface area is 120 Å². The summed E-state index contributed by atoms with van der Waals surface area (Å²) in [5.41, 5.74) is 0.452. The molecule has 0 aromatic heterocycles. The Morgan fingerprint density at radius 3 is 2.32 bits per heavy atom. The van der Waals surface area contributed by atoms with Crippen LogP contribution < -0.4 is 5.32 Å². The van der Waals surface area contributed by atoms with Crippen LogP contribution in [-0.2, 0) is 0 Å². The molecule has 0 amide bonds. The highest BCUT2D eigenvalue weighted by atomic mass is 15.2. The minimum atomic E-state index is 0.452. The summed E-state index contributed by atoms with van der Waals surface area (Å²) in [7, 11) is 2.16. The van der Waals surface area contributed by atoms with Gasteiger partial charge in [0.1, 0.15) is 0 Å². The van der Waals surface area contributed by atoms with Crippen molar-refractivity contribution in [2.75, 3.05) is 13.6 Å². The molecular formula is C17H34N2. The number of likely N-dealkylation sites (N-methyl/N-ethyl adjacent to an activating group) is 1. The van der Waals surface area contributed by atoms with E-state index in [-0.39, 0.29) is 0 Å². The summed E-state index contributed by atoms with van der Waals surface area (Å²) < 4.78 is 0. The quantitative estimate of drug-likeness (QED) is 0.817. The first kappa shape index (κ1) is 15.3. The molecule has 2 aliphatic rings. The average Bonchev–Trinajstić information content (AvgIpc) is 2.93. The monoisotopic (exact) mass is 266 g/mol. The van der Waals surface area contributed by atoms with Crippen molar-refractivity contribution in [2.45, 2.75) is 84.3 Å². The molecule has 2 aliphatic carbocycles. The van der Waals surface area contributed by atoms with Gasteiger partial charge in [-0.2, -0.15) is 0 Å². The number of nitrogens with one attached hydrogen (secondary N) is 1. The van der Waals surface area contributed by atoms with Crippen LogP contribution in [0.5, 0.6) is 0 Å². The van der Waals surface area contributed by atoms with Crippen molar-refractivity contribution < 1.29 is 0 Å². The zero-order chi connectivity index (χ0) is 14.0. The van der Waals surface area contributed by atoms with Crippen molar-refractivity contribution in [1.82, 2.24) is 10.2 Å². The van der Waals surface area contributed by atoms with E-state index in [1.54, 1.807) is 0 Å². The standard InChI is InChI=1S/C17H34N2/c1-13(2)12-19(14-8-6-7-9-14)15-10-11-17(3,4)16(15)18-5/h13-16,18H,6-12H2,1-5H3. The molecule has 19 heavy (non-hydrogen) atoms. The van der Waals surface area contributed by atoms with E-state index >= 15 is 0 Å². The zero-order valence-electron chi connectivity index (χ0n) is 13.7. The van der Waals surface area contributed by atoms with E-state index in [4.69, 9.17) is 0 Å². The predicted molar refractivity (Wildman–Crippen MR) is 83.5 cm³/mol. The van der Waals surface area contributed by atoms with Gasteiger partial charge in [-0.1, -0.05) is 40.5 Å². The lowest BCUT2D eigenvalue weighted by atomic mass is 9.86. The summed E-state index contributed by atoms with van der Waals surface area (Å²) in [6.07, 6.45) is 8.49. The fourth-order valence-corrected chi connectivity index (χ4v) is 4.52. The highest BCUT2D eigenvalue weighted by Crippen LogP contribution is 2.42. The maximum atomic E-state index is 3.64. The summed E-state index contributed by atoms with van der Waals surface area (Å²) in [4.78, 5) is 2.88. The van der Waals surface area contributed by atoms with Crippen molar-refractivity contribution in [1.29, 1.82) is 0 Å². The molecule has 1 N–H and O–H groups in total. The van der Waals surface area contributed by atoms with Crippen molar-refractivity contribution in [2.24, 2.45) is 11.3 Å². The molecule has 0 heterocycles. The first-order valence-electron chi connectivity index (χ1n) is 8.38. The molecule has 2 saturated carbocycles. The third kappa shape index (κ3) is 3.33. The molecule has 0 aromatic rings. The lowest BCUT2D eigenvalue weighted by Gasteiger charge is -2.41. The fourth-order valence-electron chi connectivity index (χ4n) is 4.52. The molecule has 2 unspecified atom stereocenters. The first-order chi connectivity index (χ1) is 8.95. The van der Waals surface area contributed by atoms with Gasteiger partial charge in [0.15, 0.2) is 0 Å². The van der Waals surface area contributed by atoms with Crippen LogP contribution in [-0.4, -0.2) is 36.6 Å². The van der Waals surface area contributed by atoms with Crippen molar-refractivity contribution >= 4 is 0 Å². The third-order valence-electron chi connectivity index (χ3n) is 5.42. The molecule has 0 saturated heterocycles. The third-order valence-corrected chi connectivity index (χ3v) is 5.42. The number of rotatable bonds is 5. The number of hydrogen-bond acceptors (Lipinski definition) is 2. The van der Waals surface area contributed by atoms with E-state index in [1.807, 2.05) is 0 Å². The van der Waals surface area contributed by atoms with Crippen LogP contribution in [0.25, 0.3) is 0 Å². The molecule has 2 rings (SSSR count). The zero-order valence-corrected chi connectivity index (χ0v) is 13.7. The molecule has 0 aromatic carbocycles. The van der Waals surface area contributed by atoms with Crippen LogP contribution in [0.1, 0.15) is 66.2 Å². The SMILES string of the molecule is CNC1C(N(CC(C)C)C2CCCC2)CCC1(C)C. The second-order valence-corrected chi connectivity index (χ2v) is 7.89. The minimum absolute atomic E-state index is 0.452. The van der Waals surface area contributed by atoms with Gasteiger partial charge in [0.25, 0.3) is 0 Å². The smallest absolute Gasteiger partial charge is 0.0271 e. The maximum Gasteiger partial charge on any atom is 0.0271 e. The Morgan fingerprint density at radius 2 is 1.79 bits per heavy atom. The maximum absolute atomic E-state index is 3.64. The summed E-state index contributed by atoms with van der Waals surface area (Å²) >= 11 is 0. The van der Waals surface area contributed by atoms with Gasteiger partial charge in [-0.25, -0.2) is 0 Å². The summed E-state index contributed by atoms with van der Waals surface area (Å²) in [5, 5.41) is 3.64. The normalized spacial score (nSPS) is 31.7. The summed E-state index contributed by atoms with van der Waals surface area (Å²) in [5.74, 6) is 0.779. The van der Waals surface area contributed by atoms with E-state index in [0.717, 1.165) is 18.0 Å². The summed E-state index contributed by atoms with van der Waals surface area (Å²) in [6, 6.07) is 2.27.